The first kappa shape index (κ1) is 23.6. The van der Waals surface area contributed by atoms with Crippen molar-refractivity contribution >= 4 is 29.0 Å². The maximum Gasteiger partial charge on any atom is 0.330 e. The number of anilines is 2. The van der Waals surface area contributed by atoms with E-state index in [1.807, 2.05) is 30.3 Å². The molecule has 34 heavy (non-hydrogen) atoms. The number of halogens is 1. The Bertz CT molecular complexity index is 1330. The van der Waals surface area contributed by atoms with Crippen LogP contribution in [0, 0.1) is 0 Å². The highest BCUT2D eigenvalue weighted by Crippen LogP contribution is 2.26. The molecular weight excluding hydrogens is 452 g/mol. The van der Waals surface area contributed by atoms with Crippen LogP contribution in [-0.2, 0) is 6.54 Å². The minimum Gasteiger partial charge on any atom is -0.383 e. The average molecular weight is 479 g/mol. The van der Waals surface area contributed by atoms with Crippen molar-refractivity contribution in [1.82, 2.24) is 9.55 Å². The molecule has 1 heterocycles. The Morgan fingerprint density at radius 3 is 2.50 bits per heavy atom. The number of H-pyrrole nitrogens is 1. The predicted octanol–water partition coefficient (Wildman–Crippen LogP) is 4.36. The number of nitrogens with two attached hydrogens (primary N) is 1. The Balaban J connectivity index is 1.78. The van der Waals surface area contributed by atoms with Crippen LogP contribution in [0.15, 0.2) is 75.8 Å². The fourth-order valence-electron chi connectivity index (χ4n) is 4.24. The van der Waals surface area contributed by atoms with E-state index in [2.05, 4.69) is 11.1 Å². The van der Waals surface area contributed by atoms with Crippen molar-refractivity contribution in [3.63, 3.8) is 0 Å². The molecule has 3 N–H and O–H groups in total. The molecule has 7 nitrogen and oxygen atoms in total. The third-order valence-electron chi connectivity index (χ3n) is 6.06. The van der Waals surface area contributed by atoms with Crippen LogP contribution >= 0.6 is 11.6 Å². The number of amides is 1. The number of rotatable bonds is 7. The van der Waals surface area contributed by atoms with Gasteiger partial charge in [0.2, 0.25) is 0 Å². The lowest BCUT2D eigenvalue weighted by molar-refractivity contribution is 0.0987. The molecular formula is C26H27ClN4O3. The summed E-state index contributed by atoms with van der Waals surface area (Å²) in [6, 6.07) is 16.0. The van der Waals surface area contributed by atoms with Crippen LogP contribution in [0.5, 0.6) is 0 Å². The van der Waals surface area contributed by atoms with Crippen LogP contribution in [0.4, 0.5) is 11.5 Å². The number of allylic oxidation sites excluding steroid dienone is 1. The lowest BCUT2D eigenvalue weighted by atomic mass is 9.97. The van der Waals surface area contributed by atoms with Crippen molar-refractivity contribution in [1.29, 1.82) is 0 Å². The summed E-state index contributed by atoms with van der Waals surface area (Å²) in [6.07, 6.45) is 7.04. The van der Waals surface area contributed by atoms with Crippen LogP contribution in [0.1, 0.15) is 48.0 Å². The van der Waals surface area contributed by atoms with Crippen molar-refractivity contribution in [2.45, 2.75) is 38.6 Å². The Morgan fingerprint density at radius 2 is 1.79 bits per heavy atom. The van der Waals surface area contributed by atoms with Gasteiger partial charge in [0.25, 0.3) is 11.5 Å². The molecule has 4 rings (SSSR count). The Kier molecular flexibility index (Phi) is 7.33. The van der Waals surface area contributed by atoms with Gasteiger partial charge in [-0.3, -0.25) is 19.1 Å². The summed E-state index contributed by atoms with van der Waals surface area (Å²) in [6.45, 7) is 0.404. The number of carbonyl (C=O) groups is 1. The number of nitrogens with one attached hydrogen (secondary N) is 1. The van der Waals surface area contributed by atoms with Gasteiger partial charge in [-0.15, -0.1) is 0 Å². The Hall–Kier alpha value is -3.58. The molecule has 0 unspecified atom stereocenters. The summed E-state index contributed by atoms with van der Waals surface area (Å²) in [5.74, 6) is -0.500. The number of benzene rings is 2. The zero-order valence-electron chi connectivity index (χ0n) is 18.8. The third-order valence-corrected chi connectivity index (χ3v) is 6.39. The summed E-state index contributed by atoms with van der Waals surface area (Å²) in [4.78, 5) is 42.9. The number of aromatic nitrogens is 2. The van der Waals surface area contributed by atoms with E-state index in [1.165, 1.54) is 15.0 Å². The van der Waals surface area contributed by atoms with Crippen LogP contribution in [-0.4, -0.2) is 22.0 Å². The summed E-state index contributed by atoms with van der Waals surface area (Å²) >= 11 is 6.31. The Labute approximate surface area is 202 Å². The SMILES string of the molecule is Nc1c(N(CCC2=CCCCC2)C(=O)c2ccccc2Cl)c(=O)[nH]c(=O)n1Cc1ccccc1. The molecule has 8 heteroatoms. The molecule has 0 spiro atoms. The van der Waals surface area contributed by atoms with E-state index in [-0.39, 0.29) is 35.2 Å². The van der Waals surface area contributed by atoms with E-state index in [0.717, 1.165) is 31.2 Å². The van der Waals surface area contributed by atoms with E-state index in [1.54, 1.807) is 24.3 Å². The van der Waals surface area contributed by atoms with Gasteiger partial charge in [0.15, 0.2) is 5.69 Å². The summed E-state index contributed by atoms with van der Waals surface area (Å²) in [5.41, 5.74) is 7.37. The van der Waals surface area contributed by atoms with Crippen LogP contribution < -0.4 is 21.9 Å². The largest absolute Gasteiger partial charge is 0.383 e. The summed E-state index contributed by atoms with van der Waals surface area (Å²) in [7, 11) is 0. The molecule has 0 fully saturated rings. The molecule has 0 radical (unpaired) electrons. The second-order valence-electron chi connectivity index (χ2n) is 8.36. The third kappa shape index (κ3) is 5.15. The maximum atomic E-state index is 13.6. The molecule has 1 aliphatic carbocycles. The first-order valence-corrected chi connectivity index (χ1v) is 11.7. The molecule has 0 aliphatic heterocycles. The minimum atomic E-state index is -0.704. The number of carbonyl (C=O) groups excluding carboxylic acids is 1. The molecule has 0 atom stereocenters. The molecule has 0 saturated carbocycles. The Morgan fingerprint density at radius 1 is 1.06 bits per heavy atom. The fraction of sp³-hybridized carbons (Fsp3) is 0.269. The smallest absolute Gasteiger partial charge is 0.330 e. The molecule has 1 aromatic heterocycles. The second-order valence-corrected chi connectivity index (χ2v) is 8.77. The van der Waals surface area contributed by atoms with Crippen LogP contribution in [0.3, 0.4) is 0 Å². The van der Waals surface area contributed by atoms with Crippen LogP contribution in [0.2, 0.25) is 5.02 Å². The van der Waals surface area contributed by atoms with Crippen molar-refractivity contribution < 1.29 is 4.79 Å². The lowest BCUT2D eigenvalue weighted by Crippen LogP contribution is -2.42. The van der Waals surface area contributed by atoms with E-state index in [9.17, 15) is 14.4 Å². The van der Waals surface area contributed by atoms with Crippen molar-refractivity contribution in [2.75, 3.05) is 17.2 Å². The first-order chi connectivity index (χ1) is 16.5. The van der Waals surface area contributed by atoms with Gasteiger partial charge >= 0.3 is 5.69 Å². The molecule has 1 amide bonds. The second kappa shape index (κ2) is 10.6. The van der Waals surface area contributed by atoms with Crippen molar-refractivity contribution in [2.24, 2.45) is 0 Å². The number of aromatic amines is 1. The quantitative estimate of drug-likeness (QED) is 0.492. The monoisotopic (exact) mass is 478 g/mol. The molecule has 0 bridgehead atoms. The maximum absolute atomic E-state index is 13.6. The first-order valence-electron chi connectivity index (χ1n) is 11.4. The van der Waals surface area contributed by atoms with Crippen molar-refractivity contribution in [3.05, 3.63) is 103 Å². The van der Waals surface area contributed by atoms with E-state index < -0.39 is 17.2 Å². The zero-order chi connectivity index (χ0) is 24.1. The summed E-state index contributed by atoms with van der Waals surface area (Å²) in [5, 5.41) is 0.280. The highest BCUT2D eigenvalue weighted by atomic mass is 35.5. The molecule has 0 saturated heterocycles. The average Bonchev–Trinajstić information content (AvgIpc) is 2.85. The molecule has 176 valence electrons. The van der Waals surface area contributed by atoms with Crippen LogP contribution in [0.25, 0.3) is 0 Å². The number of hydrogen-bond acceptors (Lipinski definition) is 4. The topological polar surface area (TPSA) is 101 Å². The highest BCUT2D eigenvalue weighted by molar-refractivity contribution is 6.34. The van der Waals surface area contributed by atoms with Gasteiger partial charge in [-0.1, -0.05) is 65.7 Å². The van der Waals surface area contributed by atoms with E-state index in [0.29, 0.717) is 6.42 Å². The van der Waals surface area contributed by atoms with Gasteiger partial charge < -0.3 is 10.6 Å². The normalized spacial score (nSPS) is 13.4. The molecule has 2 aromatic carbocycles. The molecule has 1 aliphatic rings. The standard InChI is InChI=1S/C26H27ClN4O3/c27-21-14-8-7-13-20(21)25(33)30(16-15-18-9-3-1-4-10-18)22-23(28)31(26(34)29-24(22)32)17-19-11-5-2-6-12-19/h2,5-9,11-14H,1,3-4,10,15-17,28H2,(H,29,32,34). The van der Waals surface area contributed by atoms with E-state index >= 15 is 0 Å². The van der Waals surface area contributed by atoms with Gasteiger partial charge in [-0.05, 0) is 49.8 Å². The van der Waals surface area contributed by atoms with E-state index in [4.69, 9.17) is 17.3 Å². The van der Waals surface area contributed by atoms with Gasteiger partial charge in [-0.25, -0.2) is 4.79 Å². The number of nitrogens with zero attached hydrogens (tertiary/aromatic N) is 2. The highest BCUT2D eigenvalue weighted by Gasteiger charge is 2.26. The van der Waals surface area contributed by atoms with Gasteiger partial charge in [0.05, 0.1) is 17.1 Å². The zero-order valence-corrected chi connectivity index (χ0v) is 19.6. The van der Waals surface area contributed by atoms with Gasteiger partial charge in [0, 0.05) is 6.54 Å². The van der Waals surface area contributed by atoms with Gasteiger partial charge in [0.1, 0.15) is 5.82 Å². The number of hydrogen-bond donors (Lipinski definition) is 2. The predicted molar refractivity (Wildman–Crippen MR) is 136 cm³/mol. The molecule has 3 aromatic rings. The number of nitrogen functional groups attached to an aromatic ring is 1. The van der Waals surface area contributed by atoms with Crippen molar-refractivity contribution in [3.8, 4) is 0 Å². The fourth-order valence-corrected chi connectivity index (χ4v) is 4.46. The lowest BCUT2D eigenvalue weighted by Gasteiger charge is -2.26. The summed E-state index contributed by atoms with van der Waals surface area (Å²) < 4.78 is 1.28. The van der Waals surface area contributed by atoms with Gasteiger partial charge in [-0.2, -0.15) is 0 Å². The minimum absolute atomic E-state index is 0.0446.